The Morgan fingerprint density at radius 2 is 1.83 bits per heavy atom. The SMILES string of the molecule is NC(=O)C1=C(O)C2(O)C(=O)C3=C(O)c4c(O)ccc(-c5cccc(C=O)c5)c4CC3CC2CC1=O. The molecule has 0 bridgehead atoms. The Hall–Kier alpha value is -4.24. The molecule has 2 aromatic rings. The van der Waals surface area contributed by atoms with E-state index in [1.807, 2.05) is 0 Å². The number of carbonyl (C=O) groups excluding carboxylic acids is 4. The normalized spacial score (nSPS) is 25.6. The fourth-order valence-electron chi connectivity index (χ4n) is 5.67. The standard InChI is InChI=1S/C26H21NO8/c27-25(34)21-18(30)9-14-7-13-8-16-15(12-3-1-2-11(6-12)10-28)4-5-17(29)20(16)22(31)19(13)23(32)26(14,35)24(21)33/h1-6,10,13-14,29,31,33,35H,7-9H2,(H2,27,34). The topological polar surface area (TPSA) is 175 Å². The van der Waals surface area contributed by atoms with Gasteiger partial charge in [0, 0.05) is 23.5 Å². The molecule has 3 unspecified atom stereocenters. The number of amides is 1. The number of fused-ring (bicyclic) bond motifs is 3. The van der Waals surface area contributed by atoms with E-state index in [0.29, 0.717) is 28.5 Å². The fourth-order valence-corrected chi connectivity index (χ4v) is 5.67. The van der Waals surface area contributed by atoms with E-state index in [1.165, 1.54) is 6.07 Å². The van der Waals surface area contributed by atoms with E-state index in [1.54, 1.807) is 30.3 Å². The van der Waals surface area contributed by atoms with Gasteiger partial charge in [-0.05, 0) is 47.6 Å². The van der Waals surface area contributed by atoms with Crippen molar-refractivity contribution in [2.24, 2.45) is 17.6 Å². The van der Waals surface area contributed by atoms with Gasteiger partial charge < -0.3 is 26.2 Å². The zero-order valence-electron chi connectivity index (χ0n) is 18.3. The Kier molecular flexibility index (Phi) is 4.92. The van der Waals surface area contributed by atoms with Crippen LogP contribution in [0.3, 0.4) is 0 Å². The minimum atomic E-state index is -2.60. The molecule has 1 fully saturated rings. The number of aldehydes is 1. The Balaban J connectivity index is 1.71. The lowest BCUT2D eigenvalue weighted by Crippen LogP contribution is -2.58. The first-order chi connectivity index (χ1) is 16.6. The van der Waals surface area contributed by atoms with Gasteiger partial charge in [-0.3, -0.25) is 19.2 Å². The molecule has 0 spiro atoms. The lowest BCUT2D eigenvalue weighted by atomic mass is 9.59. The van der Waals surface area contributed by atoms with Crippen molar-refractivity contribution in [1.82, 2.24) is 0 Å². The second-order valence-corrected chi connectivity index (χ2v) is 9.14. The number of hydrogen-bond donors (Lipinski definition) is 5. The van der Waals surface area contributed by atoms with E-state index in [-0.39, 0.29) is 36.1 Å². The van der Waals surface area contributed by atoms with Crippen LogP contribution in [-0.4, -0.2) is 49.8 Å². The van der Waals surface area contributed by atoms with E-state index < -0.39 is 52.0 Å². The van der Waals surface area contributed by atoms with Crippen molar-refractivity contribution in [1.29, 1.82) is 0 Å². The zero-order chi connectivity index (χ0) is 25.2. The molecule has 2 aromatic carbocycles. The summed E-state index contributed by atoms with van der Waals surface area (Å²) in [5, 5.41) is 43.6. The number of Topliss-reactive ketones (excluding diaryl/α,β-unsaturated/α-hetero) is 2. The van der Waals surface area contributed by atoms with Crippen molar-refractivity contribution in [3.8, 4) is 16.9 Å². The molecule has 0 saturated heterocycles. The Morgan fingerprint density at radius 3 is 2.51 bits per heavy atom. The van der Waals surface area contributed by atoms with Crippen LogP contribution in [0, 0.1) is 11.8 Å². The molecule has 3 aliphatic rings. The number of rotatable bonds is 3. The summed E-state index contributed by atoms with van der Waals surface area (Å²) in [4.78, 5) is 49.0. The first kappa shape index (κ1) is 22.5. The van der Waals surface area contributed by atoms with Crippen molar-refractivity contribution in [2.45, 2.75) is 24.9 Å². The lowest BCUT2D eigenvalue weighted by Gasteiger charge is -2.46. The lowest BCUT2D eigenvalue weighted by molar-refractivity contribution is -0.147. The van der Waals surface area contributed by atoms with E-state index in [9.17, 15) is 39.6 Å². The number of phenols is 1. The van der Waals surface area contributed by atoms with Crippen molar-refractivity contribution in [2.75, 3.05) is 0 Å². The highest BCUT2D eigenvalue weighted by atomic mass is 16.3. The number of ketones is 2. The first-order valence-corrected chi connectivity index (χ1v) is 11.0. The van der Waals surface area contributed by atoms with Crippen molar-refractivity contribution in [3.63, 3.8) is 0 Å². The van der Waals surface area contributed by atoms with Crippen LogP contribution in [0.1, 0.15) is 34.3 Å². The number of aromatic hydroxyl groups is 1. The maximum Gasteiger partial charge on any atom is 0.255 e. The number of nitrogens with two attached hydrogens (primary N) is 1. The molecule has 9 heteroatoms. The second-order valence-electron chi connectivity index (χ2n) is 9.14. The predicted octanol–water partition coefficient (Wildman–Crippen LogP) is 1.90. The molecule has 35 heavy (non-hydrogen) atoms. The third-order valence-corrected chi connectivity index (χ3v) is 7.28. The van der Waals surface area contributed by atoms with Gasteiger partial charge in [-0.25, -0.2) is 0 Å². The Morgan fingerprint density at radius 1 is 1.09 bits per heavy atom. The molecule has 178 valence electrons. The summed E-state index contributed by atoms with van der Waals surface area (Å²) < 4.78 is 0. The van der Waals surface area contributed by atoms with Crippen LogP contribution in [0.15, 0.2) is 53.3 Å². The molecule has 0 radical (unpaired) electrons. The number of carbonyl (C=O) groups is 4. The largest absolute Gasteiger partial charge is 0.508 e. The van der Waals surface area contributed by atoms with Crippen LogP contribution < -0.4 is 5.73 Å². The highest BCUT2D eigenvalue weighted by molar-refractivity contribution is 6.22. The van der Waals surface area contributed by atoms with E-state index in [2.05, 4.69) is 0 Å². The maximum absolute atomic E-state index is 13.5. The van der Waals surface area contributed by atoms with Gasteiger partial charge >= 0.3 is 0 Å². The van der Waals surface area contributed by atoms with Crippen molar-refractivity contribution < 1.29 is 39.6 Å². The molecule has 1 saturated carbocycles. The van der Waals surface area contributed by atoms with E-state index in [4.69, 9.17) is 5.73 Å². The van der Waals surface area contributed by atoms with Gasteiger partial charge in [-0.15, -0.1) is 0 Å². The van der Waals surface area contributed by atoms with Gasteiger partial charge in [0.2, 0.25) is 5.78 Å². The summed E-state index contributed by atoms with van der Waals surface area (Å²) in [6.45, 7) is 0. The Labute approximate surface area is 198 Å². The van der Waals surface area contributed by atoms with Gasteiger partial charge in [-0.2, -0.15) is 0 Å². The highest BCUT2D eigenvalue weighted by Crippen LogP contribution is 2.53. The fraction of sp³-hybridized carbons (Fsp3) is 0.231. The summed E-state index contributed by atoms with van der Waals surface area (Å²) in [6.07, 6.45) is 0.555. The summed E-state index contributed by atoms with van der Waals surface area (Å²) in [7, 11) is 0. The van der Waals surface area contributed by atoms with Crippen molar-refractivity contribution >= 4 is 29.5 Å². The molecule has 0 heterocycles. The van der Waals surface area contributed by atoms with Crippen molar-refractivity contribution in [3.05, 3.63) is 70.0 Å². The number of aliphatic hydroxyl groups excluding tert-OH is 2. The van der Waals surface area contributed by atoms with Crippen LogP contribution in [0.2, 0.25) is 0 Å². The monoisotopic (exact) mass is 475 g/mol. The third kappa shape index (κ3) is 3.05. The smallest absolute Gasteiger partial charge is 0.255 e. The first-order valence-electron chi connectivity index (χ1n) is 11.0. The number of benzene rings is 2. The Bertz CT molecular complexity index is 1420. The molecule has 6 N–H and O–H groups in total. The third-order valence-electron chi connectivity index (χ3n) is 7.28. The molecule has 5 rings (SSSR count). The van der Waals surface area contributed by atoms with Gasteiger partial charge in [0.25, 0.3) is 5.91 Å². The molecule has 3 aliphatic carbocycles. The number of aliphatic hydroxyl groups is 3. The zero-order valence-corrected chi connectivity index (χ0v) is 18.3. The average molecular weight is 475 g/mol. The van der Waals surface area contributed by atoms with Crippen LogP contribution in [0.4, 0.5) is 0 Å². The molecule has 1 amide bonds. The molecule has 0 aliphatic heterocycles. The molecular formula is C26H21NO8. The highest BCUT2D eigenvalue weighted by Gasteiger charge is 2.60. The van der Waals surface area contributed by atoms with E-state index >= 15 is 0 Å². The minimum Gasteiger partial charge on any atom is -0.508 e. The summed E-state index contributed by atoms with van der Waals surface area (Å²) in [5.74, 6) is -6.70. The predicted molar refractivity (Wildman–Crippen MR) is 122 cm³/mol. The minimum absolute atomic E-state index is 0.00568. The van der Waals surface area contributed by atoms with Gasteiger partial charge in [0.1, 0.15) is 29.1 Å². The van der Waals surface area contributed by atoms with Crippen LogP contribution in [0.25, 0.3) is 16.9 Å². The summed E-state index contributed by atoms with van der Waals surface area (Å²) in [5.41, 5.74) is 3.86. The van der Waals surface area contributed by atoms with Crippen LogP contribution in [-0.2, 0) is 20.8 Å². The van der Waals surface area contributed by atoms with E-state index in [0.717, 1.165) is 0 Å². The maximum atomic E-state index is 13.5. The van der Waals surface area contributed by atoms with Crippen LogP contribution >= 0.6 is 0 Å². The summed E-state index contributed by atoms with van der Waals surface area (Å²) in [6, 6.07) is 9.77. The quantitative estimate of drug-likeness (QED) is 0.330. The molecular weight excluding hydrogens is 454 g/mol. The average Bonchev–Trinajstić information content (AvgIpc) is 2.81. The number of phenolic OH excluding ortho intramolecular Hbond substituents is 1. The number of hydrogen-bond acceptors (Lipinski definition) is 8. The van der Waals surface area contributed by atoms with Gasteiger partial charge in [0.15, 0.2) is 11.4 Å². The molecule has 3 atom stereocenters. The molecule has 9 nitrogen and oxygen atoms in total. The van der Waals surface area contributed by atoms with Gasteiger partial charge in [-0.1, -0.05) is 24.3 Å². The second kappa shape index (κ2) is 7.64. The van der Waals surface area contributed by atoms with Crippen LogP contribution in [0.5, 0.6) is 5.75 Å². The molecule has 0 aromatic heterocycles. The summed E-state index contributed by atoms with van der Waals surface area (Å²) >= 11 is 0. The number of primary amides is 1. The van der Waals surface area contributed by atoms with Gasteiger partial charge in [0.05, 0.1) is 5.56 Å².